The van der Waals surface area contributed by atoms with Gasteiger partial charge in [0.05, 0.1) is 10.6 Å². The van der Waals surface area contributed by atoms with Crippen LogP contribution in [0.25, 0.3) is 0 Å². The molecule has 0 spiro atoms. The van der Waals surface area contributed by atoms with E-state index in [9.17, 15) is 4.79 Å². The Morgan fingerprint density at radius 3 is 2.93 bits per heavy atom. The van der Waals surface area contributed by atoms with Crippen LogP contribution in [-0.2, 0) is 4.79 Å². The number of nitrogens with two attached hydrogens (primary N) is 1. The molecule has 0 aliphatic rings. The van der Waals surface area contributed by atoms with E-state index in [0.717, 1.165) is 15.8 Å². The number of carboxylic acids is 1. The summed E-state index contributed by atoms with van der Waals surface area (Å²) in [5, 5.41) is 8.75. The third-order valence-corrected chi connectivity index (χ3v) is 3.89. The molecule has 6 heteroatoms. The highest BCUT2D eigenvalue weighted by atomic mass is 32.2. The molecule has 0 aliphatic heterocycles. The number of thiazole rings is 1. The summed E-state index contributed by atoms with van der Waals surface area (Å²) in [6, 6.07) is -0.946. The number of nitrogens with zero attached hydrogens (tertiary/aromatic N) is 1. The second-order valence-electron chi connectivity index (χ2n) is 2.68. The second-order valence-corrected chi connectivity index (χ2v) is 5.22. The van der Waals surface area contributed by atoms with Crippen molar-refractivity contribution in [2.45, 2.75) is 24.2 Å². The first-order chi connectivity index (χ1) is 6.56. The summed E-state index contributed by atoms with van der Waals surface area (Å²) in [5.41, 5.74) is 6.23. The highest BCUT2D eigenvalue weighted by Crippen LogP contribution is 2.30. The van der Waals surface area contributed by atoms with E-state index in [-0.39, 0.29) is 0 Å². The summed E-state index contributed by atoms with van der Waals surface area (Å²) in [6.45, 7) is 3.81. The Morgan fingerprint density at radius 1 is 1.79 bits per heavy atom. The van der Waals surface area contributed by atoms with Crippen molar-refractivity contribution >= 4 is 29.1 Å². The molecule has 0 amide bonds. The minimum atomic E-state index is -1.01. The molecular weight excluding hydrogens is 220 g/mol. The maximum atomic E-state index is 10.7. The van der Waals surface area contributed by atoms with Crippen LogP contribution in [0.4, 0.5) is 0 Å². The molecule has 0 aliphatic carbocycles. The van der Waals surface area contributed by atoms with Crippen LogP contribution in [0.3, 0.4) is 0 Å². The Hall–Kier alpha value is -0.590. The molecule has 0 aromatic carbocycles. The van der Waals surface area contributed by atoms with Crippen molar-refractivity contribution in [3.63, 3.8) is 0 Å². The Balaban J connectivity index is 2.92. The minimum absolute atomic E-state index is 0.647. The molecule has 0 radical (unpaired) electrons. The number of carboxylic acid groups (broad SMARTS) is 1. The van der Waals surface area contributed by atoms with Gasteiger partial charge >= 0.3 is 5.97 Å². The van der Waals surface area contributed by atoms with E-state index in [1.807, 2.05) is 6.92 Å². The molecule has 1 unspecified atom stereocenters. The molecule has 1 aromatic heterocycles. The van der Waals surface area contributed by atoms with Gasteiger partial charge in [0, 0.05) is 0 Å². The van der Waals surface area contributed by atoms with Crippen LogP contribution >= 0.6 is 23.1 Å². The highest BCUT2D eigenvalue weighted by Gasteiger charge is 2.20. The van der Waals surface area contributed by atoms with E-state index < -0.39 is 12.0 Å². The molecule has 14 heavy (non-hydrogen) atoms. The Bertz CT molecular complexity index is 338. The summed E-state index contributed by atoms with van der Waals surface area (Å²) in [7, 11) is 0. The van der Waals surface area contributed by atoms with Crippen molar-refractivity contribution in [1.29, 1.82) is 0 Å². The summed E-state index contributed by atoms with van der Waals surface area (Å²) < 4.78 is 0.886. The Labute approximate surface area is 90.5 Å². The van der Waals surface area contributed by atoms with Gasteiger partial charge in [-0.05, 0) is 12.7 Å². The molecule has 1 aromatic rings. The lowest BCUT2D eigenvalue weighted by atomic mass is 10.2. The Kier molecular flexibility index (Phi) is 3.91. The fraction of sp³-hybridized carbons (Fsp3) is 0.500. The van der Waals surface area contributed by atoms with Crippen molar-refractivity contribution in [3.05, 3.63) is 10.6 Å². The largest absolute Gasteiger partial charge is 0.480 e. The molecular formula is C8H12N2O2S2. The van der Waals surface area contributed by atoms with E-state index in [0.29, 0.717) is 4.88 Å². The topological polar surface area (TPSA) is 76.2 Å². The molecule has 1 rings (SSSR count). The summed E-state index contributed by atoms with van der Waals surface area (Å²) in [4.78, 5) is 15.6. The number of thioether (sulfide) groups is 1. The zero-order valence-electron chi connectivity index (χ0n) is 7.98. The fourth-order valence-corrected chi connectivity index (χ4v) is 3.07. The smallest absolute Gasteiger partial charge is 0.326 e. The lowest BCUT2D eigenvalue weighted by molar-refractivity contribution is -0.138. The SMILES string of the molecule is CCSc1nc(C)c(C(N)C(=O)O)s1. The molecule has 0 fully saturated rings. The van der Waals surface area contributed by atoms with E-state index in [4.69, 9.17) is 10.8 Å². The maximum absolute atomic E-state index is 10.7. The molecule has 0 saturated carbocycles. The number of aliphatic carboxylic acids is 1. The van der Waals surface area contributed by atoms with Gasteiger partial charge in [-0.15, -0.1) is 11.3 Å². The third kappa shape index (κ3) is 2.46. The average Bonchev–Trinajstić information content (AvgIpc) is 2.46. The van der Waals surface area contributed by atoms with Crippen LogP contribution in [0, 0.1) is 6.92 Å². The monoisotopic (exact) mass is 232 g/mol. The van der Waals surface area contributed by atoms with Gasteiger partial charge in [0.1, 0.15) is 10.4 Å². The quantitative estimate of drug-likeness (QED) is 0.772. The van der Waals surface area contributed by atoms with Gasteiger partial charge in [0.15, 0.2) is 0 Å². The lowest BCUT2D eigenvalue weighted by Crippen LogP contribution is -2.20. The van der Waals surface area contributed by atoms with Crippen LogP contribution in [0.15, 0.2) is 4.34 Å². The van der Waals surface area contributed by atoms with Crippen molar-refractivity contribution < 1.29 is 9.90 Å². The first-order valence-corrected chi connectivity index (χ1v) is 5.95. The number of rotatable bonds is 4. The zero-order valence-corrected chi connectivity index (χ0v) is 9.61. The molecule has 0 bridgehead atoms. The van der Waals surface area contributed by atoms with E-state index in [2.05, 4.69) is 4.98 Å². The number of hydrogen-bond donors (Lipinski definition) is 2. The van der Waals surface area contributed by atoms with Crippen LogP contribution in [0.1, 0.15) is 23.5 Å². The average molecular weight is 232 g/mol. The number of carbonyl (C=O) groups is 1. The third-order valence-electron chi connectivity index (χ3n) is 1.63. The van der Waals surface area contributed by atoms with Gasteiger partial charge < -0.3 is 10.8 Å². The van der Waals surface area contributed by atoms with Crippen molar-refractivity contribution in [1.82, 2.24) is 4.98 Å². The minimum Gasteiger partial charge on any atom is -0.480 e. The first-order valence-electron chi connectivity index (χ1n) is 4.14. The highest BCUT2D eigenvalue weighted by molar-refractivity contribution is 8.01. The van der Waals surface area contributed by atoms with Crippen molar-refractivity contribution in [2.75, 3.05) is 5.75 Å². The van der Waals surface area contributed by atoms with Gasteiger partial charge in [0.2, 0.25) is 0 Å². The standard InChI is InChI=1S/C8H12N2O2S2/c1-3-13-8-10-4(2)6(14-8)5(9)7(11)12/h5H,3,9H2,1-2H3,(H,11,12). The maximum Gasteiger partial charge on any atom is 0.326 e. The van der Waals surface area contributed by atoms with Crippen LogP contribution in [0.5, 0.6) is 0 Å². The van der Waals surface area contributed by atoms with Gasteiger partial charge in [-0.25, -0.2) is 4.98 Å². The summed E-state index contributed by atoms with van der Waals surface area (Å²) >= 11 is 2.96. The van der Waals surface area contributed by atoms with Gasteiger partial charge in [0.25, 0.3) is 0 Å². The van der Waals surface area contributed by atoms with E-state index in [1.54, 1.807) is 18.7 Å². The predicted molar refractivity (Wildman–Crippen MR) is 57.8 cm³/mol. The predicted octanol–water partition coefficient (Wildman–Crippen LogP) is 1.65. The van der Waals surface area contributed by atoms with Crippen molar-refractivity contribution in [2.24, 2.45) is 5.73 Å². The van der Waals surface area contributed by atoms with Gasteiger partial charge in [-0.2, -0.15) is 0 Å². The van der Waals surface area contributed by atoms with Gasteiger partial charge in [-0.1, -0.05) is 18.7 Å². The molecule has 1 heterocycles. The van der Waals surface area contributed by atoms with Crippen LogP contribution < -0.4 is 5.73 Å². The fourth-order valence-electron chi connectivity index (χ4n) is 0.969. The number of aromatic nitrogens is 1. The van der Waals surface area contributed by atoms with Crippen molar-refractivity contribution in [3.8, 4) is 0 Å². The van der Waals surface area contributed by atoms with E-state index in [1.165, 1.54) is 11.3 Å². The summed E-state index contributed by atoms with van der Waals surface area (Å²) in [5.74, 6) is -0.0841. The first kappa shape index (κ1) is 11.5. The number of hydrogen-bond acceptors (Lipinski definition) is 5. The van der Waals surface area contributed by atoms with Gasteiger partial charge in [-0.3, -0.25) is 4.79 Å². The molecule has 78 valence electrons. The normalized spacial score (nSPS) is 12.8. The number of aryl methyl sites for hydroxylation is 1. The second kappa shape index (κ2) is 4.77. The lowest BCUT2D eigenvalue weighted by Gasteiger charge is -2.02. The molecule has 0 saturated heterocycles. The molecule has 3 N–H and O–H groups in total. The van der Waals surface area contributed by atoms with E-state index >= 15 is 0 Å². The summed E-state index contributed by atoms with van der Waals surface area (Å²) in [6.07, 6.45) is 0. The molecule has 4 nitrogen and oxygen atoms in total. The zero-order chi connectivity index (χ0) is 10.7. The van der Waals surface area contributed by atoms with Crippen LogP contribution in [-0.4, -0.2) is 21.8 Å². The Morgan fingerprint density at radius 2 is 2.43 bits per heavy atom. The van der Waals surface area contributed by atoms with Crippen LogP contribution in [0.2, 0.25) is 0 Å². The molecule has 1 atom stereocenters.